The van der Waals surface area contributed by atoms with Crippen LogP contribution in [0, 0.1) is 11.7 Å². The van der Waals surface area contributed by atoms with Gasteiger partial charge in [0.05, 0.1) is 5.54 Å². The van der Waals surface area contributed by atoms with Crippen molar-refractivity contribution in [3.05, 3.63) is 66.0 Å². The van der Waals surface area contributed by atoms with E-state index >= 15 is 0 Å². The zero-order chi connectivity index (χ0) is 22.4. The molecule has 3 aliphatic rings. The van der Waals surface area contributed by atoms with Gasteiger partial charge in [0.1, 0.15) is 5.82 Å². The number of rotatable bonds is 2. The summed E-state index contributed by atoms with van der Waals surface area (Å²) in [5, 5.41) is 5.03. The Kier molecular flexibility index (Phi) is 5.04. The molecule has 2 fully saturated rings. The number of benzene rings is 2. The molecule has 0 saturated heterocycles. The van der Waals surface area contributed by atoms with Crippen molar-refractivity contribution in [1.82, 2.24) is 14.8 Å². The number of carbonyl (C=O) groups excluding carboxylic acids is 1. The van der Waals surface area contributed by atoms with Gasteiger partial charge in [-0.2, -0.15) is 4.98 Å². The highest BCUT2D eigenvalue weighted by atomic mass is 19.1. The van der Waals surface area contributed by atoms with E-state index < -0.39 is 0 Å². The number of hydrogen-bond donors (Lipinski definition) is 0. The van der Waals surface area contributed by atoms with Crippen molar-refractivity contribution < 1.29 is 9.18 Å². The molecule has 2 aromatic carbocycles. The lowest BCUT2D eigenvalue weighted by molar-refractivity contribution is 0.0314. The van der Waals surface area contributed by atoms with E-state index in [2.05, 4.69) is 4.68 Å². The van der Waals surface area contributed by atoms with E-state index in [1.54, 1.807) is 12.1 Å². The van der Waals surface area contributed by atoms with Crippen LogP contribution in [-0.2, 0) is 5.54 Å². The largest absolute Gasteiger partial charge is 0.273 e. The van der Waals surface area contributed by atoms with E-state index in [9.17, 15) is 9.18 Å². The molecule has 2 saturated carbocycles. The molecular formula is C27H29FN4O. The van der Waals surface area contributed by atoms with Crippen molar-refractivity contribution in [3.8, 4) is 11.4 Å². The number of carbonyl (C=O) groups is 1. The van der Waals surface area contributed by atoms with Crippen LogP contribution in [0.15, 0.2) is 54.6 Å². The number of anilines is 1. The fraction of sp³-hybridized carbons (Fsp3) is 0.444. The molecule has 0 radical (unpaired) electrons. The first-order chi connectivity index (χ1) is 16.2. The molecule has 6 rings (SSSR count). The molecule has 6 heteroatoms. The van der Waals surface area contributed by atoms with E-state index in [1.807, 2.05) is 35.2 Å². The number of fused-ring (bicyclic) bond motifs is 4. The molecule has 1 spiro atoms. The molecule has 1 amide bonds. The smallest absolute Gasteiger partial charge is 0.260 e. The number of halogens is 1. The molecule has 2 aliphatic carbocycles. The fourth-order valence-corrected chi connectivity index (χ4v) is 6.54. The molecular weight excluding hydrogens is 415 g/mol. The third kappa shape index (κ3) is 3.30. The average Bonchev–Trinajstić information content (AvgIpc) is 3.32. The van der Waals surface area contributed by atoms with Crippen molar-refractivity contribution in [2.24, 2.45) is 5.92 Å². The lowest BCUT2D eigenvalue weighted by atomic mass is 9.64. The summed E-state index contributed by atoms with van der Waals surface area (Å²) in [6.07, 6.45) is 10.2. The van der Waals surface area contributed by atoms with Gasteiger partial charge in [-0.1, -0.05) is 50.3 Å². The van der Waals surface area contributed by atoms with Crippen molar-refractivity contribution in [3.63, 3.8) is 0 Å². The van der Waals surface area contributed by atoms with Crippen LogP contribution < -0.4 is 4.90 Å². The van der Waals surface area contributed by atoms with E-state index in [4.69, 9.17) is 10.1 Å². The molecule has 170 valence electrons. The summed E-state index contributed by atoms with van der Waals surface area (Å²) in [6.45, 7) is 0. The van der Waals surface area contributed by atoms with Crippen LogP contribution in [0.25, 0.3) is 11.4 Å². The Hall–Kier alpha value is -3.02. The Bertz CT molecular complexity index is 1150. The van der Waals surface area contributed by atoms with E-state index in [-0.39, 0.29) is 23.3 Å². The van der Waals surface area contributed by atoms with Gasteiger partial charge in [-0.05, 0) is 62.1 Å². The summed E-state index contributed by atoms with van der Waals surface area (Å²) in [5.41, 5.74) is 1.37. The van der Waals surface area contributed by atoms with Crippen LogP contribution in [0.2, 0.25) is 0 Å². The predicted molar refractivity (Wildman–Crippen MR) is 125 cm³/mol. The maximum Gasteiger partial charge on any atom is 0.260 e. The van der Waals surface area contributed by atoms with Crippen molar-refractivity contribution in [2.45, 2.75) is 69.4 Å². The molecule has 3 aromatic rings. The first-order valence-electron chi connectivity index (χ1n) is 12.3. The lowest BCUT2D eigenvalue weighted by Crippen LogP contribution is -2.61. The minimum Gasteiger partial charge on any atom is -0.273 e. The van der Waals surface area contributed by atoms with Crippen molar-refractivity contribution in [1.29, 1.82) is 0 Å². The first kappa shape index (κ1) is 20.6. The van der Waals surface area contributed by atoms with Crippen molar-refractivity contribution in [2.75, 3.05) is 4.90 Å². The Morgan fingerprint density at radius 1 is 0.909 bits per heavy atom. The van der Waals surface area contributed by atoms with Crippen LogP contribution in [0.1, 0.15) is 68.1 Å². The Morgan fingerprint density at radius 3 is 2.39 bits per heavy atom. The summed E-state index contributed by atoms with van der Waals surface area (Å²) < 4.78 is 15.7. The van der Waals surface area contributed by atoms with Gasteiger partial charge < -0.3 is 0 Å². The SMILES string of the molecule is O=C(c1ccccc1)N1c2nc(-c3ccc(F)cc3)nn2C2(CCCCC2)C2CCCCC21. The third-order valence-corrected chi connectivity index (χ3v) is 8.04. The molecule has 1 aliphatic heterocycles. The predicted octanol–water partition coefficient (Wildman–Crippen LogP) is 5.96. The van der Waals surface area contributed by atoms with Gasteiger partial charge >= 0.3 is 0 Å². The molecule has 0 bridgehead atoms. The standard InChI is InChI=1S/C27H29FN4O/c28-21-15-13-19(14-16-21)24-29-26-31(25(33)20-9-3-1-4-10-20)23-12-6-5-11-22(23)27(32(26)30-24)17-7-2-8-18-27/h1,3-4,9-10,13-16,22-23H,2,5-8,11-12,17-18H2. The molecule has 33 heavy (non-hydrogen) atoms. The number of nitrogens with zero attached hydrogens (tertiary/aromatic N) is 4. The highest BCUT2D eigenvalue weighted by molar-refractivity contribution is 6.06. The van der Waals surface area contributed by atoms with Gasteiger partial charge in [0.2, 0.25) is 5.95 Å². The fourth-order valence-electron chi connectivity index (χ4n) is 6.54. The van der Waals surface area contributed by atoms with Gasteiger partial charge in [0.15, 0.2) is 5.82 Å². The van der Waals surface area contributed by atoms with E-state index in [0.717, 1.165) is 37.7 Å². The normalized spacial score (nSPS) is 23.7. The second-order valence-electron chi connectivity index (χ2n) is 9.82. The monoisotopic (exact) mass is 444 g/mol. The van der Waals surface area contributed by atoms with E-state index in [1.165, 1.54) is 37.8 Å². The molecule has 2 atom stereocenters. The van der Waals surface area contributed by atoms with Crippen LogP contribution in [0.5, 0.6) is 0 Å². The van der Waals surface area contributed by atoms with E-state index in [0.29, 0.717) is 23.3 Å². The Morgan fingerprint density at radius 2 is 1.64 bits per heavy atom. The van der Waals surface area contributed by atoms with Crippen LogP contribution >= 0.6 is 0 Å². The second-order valence-corrected chi connectivity index (χ2v) is 9.82. The van der Waals surface area contributed by atoms with Gasteiger partial charge in [0, 0.05) is 23.1 Å². The number of hydrogen-bond acceptors (Lipinski definition) is 3. The quantitative estimate of drug-likeness (QED) is 0.490. The highest BCUT2D eigenvalue weighted by Gasteiger charge is 2.55. The lowest BCUT2D eigenvalue weighted by Gasteiger charge is -2.55. The minimum absolute atomic E-state index is 0.00235. The minimum atomic E-state index is -0.279. The second kappa shape index (κ2) is 8.08. The van der Waals surface area contributed by atoms with Crippen molar-refractivity contribution >= 4 is 11.9 Å². The zero-order valence-electron chi connectivity index (χ0n) is 18.8. The number of amides is 1. The summed E-state index contributed by atoms with van der Waals surface area (Å²) in [4.78, 5) is 20.8. The maximum atomic E-state index is 13.9. The van der Waals surface area contributed by atoms with Crippen LogP contribution in [0.3, 0.4) is 0 Å². The van der Waals surface area contributed by atoms with Crippen LogP contribution in [-0.4, -0.2) is 26.7 Å². The highest BCUT2D eigenvalue weighted by Crippen LogP contribution is 2.53. The molecule has 5 nitrogen and oxygen atoms in total. The maximum absolute atomic E-state index is 13.9. The Labute approximate surface area is 193 Å². The molecule has 2 heterocycles. The average molecular weight is 445 g/mol. The summed E-state index contributed by atoms with van der Waals surface area (Å²) in [5.74, 6) is 1.33. The summed E-state index contributed by atoms with van der Waals surface area (Å²) in [7, 11) is 0. The van der Waals surface area contributed by atoms with Gasteiger partial charge in [-0.3, -0.25) is 9.69 Å². The molecule has 1 aromatic heterocycles. The van der Waals surface area contributed by atoms with Gasteiger partial charge in [-0.15, -0.1) is 5.10 Å². The third-order valence-electron chi connectivity index (χ3n) is 8.04. The van der Waals surface area contributed by atoms with Gasteiger partial charge in [0.25, 0.3) is 5.91 Å². The first-order valence-corrected chi connectivity index (χ1v) is 12.3. The molecule has 0 N–H and O–H groups in total. The topological polar surface area (TPSA) is 51.0 Å². The Balaban J connectivity index is 1.54. The van der Waals surface area contributed by atoms with Gasteiger partial charge in [-0.25, -0.2) is 9.07 Å². The zero-order valence-corrected chi connectivity index (χ0v) is 18.8. The number of aromatic nitrogens is 3. The molecule has 2 unspecified atom stereocenters. The summed E-state index contributed by atoms with van der Waals surface area (Å²) in [6, 6.07) is 16.0. The van der Waals surface area contributed by atoms with Crippen LogP contribution in [0.4, 0.5) is 10.3 Å². The summed E-state index contributed by atoms with van der Waals surface area (Å²) >= 11 is 0.